The van der Waals surface area contributed by atoms with E-state index in [1.54, 1.807) is 31.2 Å². The van der Waals surface area contributed by atoms with Gasteiger partial charge in [0.25, 0.3) is 0 Å². The third-order valence-corrected chi connectivity index (χ3v) is 3.68. The van der Waals surface area contributed by atoms with Gasteiger partial charge in [-0.25, -0.2) is 0 Å². The van der Waals surface area contributed by atoms with Crippen LogP contribution in [0, 0.1) is 0 Å². The van der Waals surface area contributed by atoms with Gasteiger partial charge in [0.05, 0.1) is 12.1 Å². The first-order chi connectivity index (χ1) is 11.7. The average molecular weight is 389 g/mol. The number of nitrogens with two attached hydrogens (primary N) is 1. The number of nitrogens with one attached hydrogen (secondary N) is 1. The van der Waals surface area contributed by atoms with Crippen molar-refractivity contribution >= 4 is 18.3 Å². The van der Waals surface area contributed by atoms with Gasteiger partial charge in [0.1, 0.15) is 17.9 Å². The maximum absolute atomic E-state index is 12.9. The fourth-order valence-corrected chi connectivity index (χ4v) is 2.25. The third kappa shape index (κ3) is 5.37. The molecule has 2 rings (SSSR count). The second kappa shape index (κ2) is 8.91. The highest BCUT2D eigenvalue weighted by atomic mass is 35.5. The molecule has 0 aliphatic carbocycles. The molecule has 0 aliphatic heterocycles. The highest BCUT2D eigenvalue weighted by Gasteiger charge is 2.34. The molecule has 0 spiro atoms. The number of halogens is 4. The number of rotatable bonds is 6. The number of hydrogen-bond donors (Lipinski definition) is 2. The van der Waals surface area contributed by atoms with Crippen LogP contribution in [0.3, 0.4) is 0 Å². The van der Waals surface area contributed by atoms with Crippen molar-refractivity contribution in [2.24, 2.45) is 5.73 Å². The molecule has 2 aromatic carbocycles. The molecular formula is C18H20ClF3N2O2. The van der Waals surface area contributed by atoms with Crippen molar-refractivity contribution in [1.82, 2.24) is 5.32 Å². The van der Waals surface area contributed by atoms with Crippen LogP contribution in [-0.2, 0) is 16.5 Å². The zero-order chi connectivity index (χ0) is 18.5. The van der Waals surface area contributed by atoms with Crippen LogP contribution in [-0.4, -0.2) is 19.1 Å². The zero-order valence-electron chi connectivity index (χ0n) is 14.0. The lowest BCUT2D eigenvalue weighted by Gasteiger charge is -2.24. The molecular weight excluding hydrogens is 369 g/mol. The highest BCUT2D eigenvalue weighted by molar-refractivity contribution is 5.87. The molecule has 0 saturated heterocycles. The summed E-state index contributed by atoms with van der Waals surface area (Å²) in [5.41, 5.74) is 4.59. The van der Waals surface area contributed by atoms with E-state index in [1.165, 1.54) is 18.2 Å². The summed E-state index contributed by atoms with van der Waals surface area (Å²) in [5.74, 6) is -0.714. The molecule has 1 unspecified atom stereocenters. The number of ether oxygens (including phenoxy) is 1. The van der Waals surface area contributed by atoms with Gasteiger partial charge in [0.2, 0.25) is 5.91 Å². The van der Waals surface area contributed by atoms with Crippen LogP contribution in [0.4, 0.5) is 13.2 Å². The Morgan fingerprint density at radius 1 is 1.08 bits per heavy atom. The SMILES string of the molecule is CC(N)(C(=O)NCCOc1ccccc1C(F)(F)F)c1ccccc1.Cl. The van der Waals surface area contributed by atoms with Gasteiger partial charge in [-0.2, -0.15) is 13.2 Å². The molecule has 2 aromatic rings. The van der Waals surface area contributed by atoms with Crippen LogP contribution in [0.5, 0.6) is 5.75 Å². The minimum atomic E-state index is -4.50. The van der Waals surface area contributed by atoms with Crippen LogP contribution in [0.1, 0.15) is 18.1 Å². The predicted octanol–water partition coefficient (Wildman–Crippen LogP) is 3.50. The van der Waals surface area contributed by atoms with Crippen LogP contribution < -0.4 is 15.8 Å². The lowest BCUT2D eigenvalue weighted by Crippen LogP contribution is -2.49. The molecule has 1 amide bonds. The van der Waals surface area contributed by atoms with Crippen molar-refractivity contribution < 1.29 is 22.7 Å². The zero-order valence-corrected chi connectivity index (χ0v) is 14.9. The maximum Gasteiger partial charge on any atom is 0.419 e. The van der Waals surface area contributed by atoms with E-state index in [0.717, 1.165) is 6.07 Å². The van der Waals surface area contributed by atoms with E-state index >= 15 is 0 Å². The molecule has 26 heavy (non-hydrogen) atoms. The summed E-state index contributed by atoms with van der Waals surface area (Å²) in [7, 11) is 0. The number of carbonyl (C=O) groups is 1. The van der Waals surface area contributed by atoms with E-state index in [-0.39, 0.29) is 31.3 Å². The molecule has 0 aromatic heterocycles. The van der Waals surface area contributed by atoms with E-state index in [1.807, 2.05) is 6.07 Å². The van der Waals surface area contributed by atoms with E-state index in [0.29, 0.717) is 5.56 Å². The molecule has 4 nitrogen and oxygen atoms in total. The van der Waals surface area contributed by atoms with Gasteiger partial charge in [0.15, 0.2) is 0 Å². The van der Waals surface area contributed by atoms with Crippen LogP contribution in [0.2, 0.25) is 0 Å². The predicted molar refractivity (Wildman–Crippen MR) is 95.2 cm³/mol. The van der Waals surface area contributed by atoms with Crippen molar-refractivity contribution in [1.29, 1.82) is 0 Å². The van der Waals surface area contributed by atoms with Crippen molar-refractivity contribution in [3.8, 4) is 5.75 Å². The Balaban J connectivity index is 0.00000338. The Hall–Kier alpha value is -2.25. The Morgan fingerprint density at radius 3 is 2.27 bits per heavy atom. The normalized spacial score (nSPS) is 13.3. The minimum Gasteiger partial charge on any atom is -0.491 e. The monoisotopic (exact) mass is 388 g/mol. The summed E-state index contributed by atoms with van der Waals surface area (Å²) in [6.45, 7) is 1.49. The molecule has 0 heterocycles. The molecule has 0 bridgehead atoms. The summed E-state index contributed by atoms with van der Waals surface area (Å²) >= 11 is 0. The molecule has 142 valence electrons. The number of hydrogen-bond acceptors (Lipinski definition) is 3. The standard InChI is InChI=1S/C18H19F3N2O2.ClH/c1-17(22,13-7-3-2-4-8-13)16(24)23-11-12-25-15-10-6-5-9-14(15)18(19,20)21;/h2-10H,11-12,22H2,1H3,(H,23,24);1H. The number of alkyl halides is 3. The van der Waals surface area contributed by atoms with E-state index in [9.17, 15) is 18.0 Å². The van der Waals surface area contributed by atoms with Gasteiger partial charge < -0.3 is 15.8 Å². The fourth-order valence-electron chi connectivity index (χ4n) is 2.25. The van der Waals surface area contributed by atoms with Crippen molar-refractivity contribution in [2.75, 3.05) is 13.2 Å². The van der Waals surface area contributed by atoms with Gasteiger partial charge in [0, 0.05) is 0 Å². The topological polar surface area (TPSA) is 64.4 Å². The summed E-state index contributed by atoms with van der Waals surface area (Å²) in [5, 5.41) is 2.58. The first-order valence-corrected chi connectivity index (χ1v) is 7.64. The summed E-state index contributed by atoms with van der Waals surface area (Å²) in [6, 6.07) is 13.7. The van der Waals surface area contributed by atoms with Crippen molar-refractivity contribution in [2.45, 2.75) is 18.6 Å². The van der Waals surface area contributed by atoms with Gasteiger partial charge in [-0.1, -0.05) is 42.5 Å². The molecule has 0 radical (unpaired) electrons. The first-order valence-electron chi connectivity index (χ1n) is 7.64. The Kier molecular flexibility index (Phi) is 7.47. The lowest BCUT2D eigenvalue weighted by molar-refractivity contribution is -0.139. The molecule has 8 heteroatoms. The Bertz CT molecular complexity index is 722. The Labute approximate surface area is 155 Å². The van der Waals surface area contributed by atoms with E-state index < -0.39 is 23.2 Å². The number of para-hydroxylation sites is 1. The third-order valence-electron chi connectivity index (χ3n) is 3.68. The maximum atomic E-state index is 12.9. The fraction of sp³-hybridized carbons (Fsp3) is 0.278. The van der Waals surface area contributed by atoms with Gasteiger partial charge in [-0.15, -0.1) is 12.4 Å². The molecule has 0 aliphatic rings. The molecule has 0 saturated carbocycles. The van der Waals surface area contributed by atoms with E-state index in [2.05, 4.69) is 5.32 Å². The largest absolute Gasteiger partial charge is 0.491 e. The smallest absolute Gasteiger partial charge is 0.419 e. The average Bonchev–Trinajstić information content (AvgIpc) is 2.58. The highest BCUT2D eigenvalue weighted by Crippen LogP contribution is 2.35. The van der Waals surface area contributed by atoms with Crippen LogP contribution in [0.25, 0.3) is 0 Å². The minimum absolute atomic E-state index is 0. The second-order valence-corrected chi connectivity index (χ2v) is 5.67. The summed E-state index contributed by atoms with van der Waals surface area (Å²) < 4.78 is 43.7. The molecule has 0 fully saturated rings. The summed E-state index contributed by atoms with van der Waals surface area (Å²) in [4.78, 5) is 12.2. The van der Waals surface area contributed by atoms with Crippen molar-refractivity contribution in [3.63, 3.8) is 0 Å². The van der Waals surface area contributed by atoms with Gasteiger partial charge in [-0.05, 0) is 24.6 Å². The first kappa shape index (κ1) is 21.8. The van der Waals surface area contributed by atoms with Crippen LogP contribution >= 0.6 is 12.4 Å². The lowest BCUT2D eigenvalue weighted by atomic mass is 9.92. The van der Waals surface area contributed by atoms with Gasteiger partial charge >= 0.3 is 6.18 Å². The number of benzene rings is 2. The number of amides is 1. The second-order valence-electron chi connectivity index (χ2n) is 5.67. The molecule has 1 atom stereocenters. The summed E-state index contributed by atoms with van der Waals surface area (Å²) in [6.07, 6.45) is -4.50. The van der Waals surface area contributed by atoms with Crippen molar-refractivity contribution in [3.05, 3.63) is 65.7 Å². The number of carbonyl (C=O) groups excluding carboxylic acids is 1. The van der Waals surface area contributed by atoms with Crippen LogP contribution in [0.15, 0.2) is 54.6 Å². The Morgan fingerprint density at radius 2 is 1.65 bits per heavy atom. The molecule has 3 N–H and O–H groups in total. The van der Waals surface area contributed by atoms with Gasteiger partial charge in [-0.3, -0.25) is 4.79 Å². The quantitative estimate of drug-likeness (QED) is 0.744. The van der Waals surface area contributed by atoms with E-state index in [4.69, 9.17) is 10.5 Å².